The highest BCUT2D eigenvalue weighted by molar-refractivity contribution is 5.29. The number of methoxy groups -OCH3 is 1. The summed E-state index contributed by atoms with van der Waals surface area (Å²) in [6, 6.07) is 8.44. The van der Waals surface area contributed by atoms with Gasteiger partial charge in [-0.3, -0.25) is 5.10 Å². The number of ether oxygens (including phenoxy) is 1. The van der Waals surface area contributed by atoms with Gasteiger partial charge in [0.2, 0.25) is 0 Å². The largest absolute Gasteiger partial charge is 0.497 e. The third-order valence-electron chi connectivity index (χ3n) is 3.48. The number of aromatic amines is 1. The van der Waals surface area contributed by atoms with Crippen LogP contribution in [0.2, 0.25) is 0 Å². The van der Waals surface area contributed by atoms with Gasteiger partial charge in [0, 0.05) is 23.8 Å². The minimum atomic E-state index is 0.291. The van der Waals surface area contributed by atoms with Gasteiger partial charge in [-0.2, -0.15) is 5.10 Å². The molecule has 102 valence electrons. The van der Waals surface area contributed by atoms with Gasteiger partial charge in [0.25, 0.3) is 0 Å². The Morgan fingerprint density at radius 2 is 1.95 bits per heavy atom. The van der Waals surface area contributed by atoms with E-state index in [-0.39, 0.29) is 0 Å². The summed E-state index contributed by atoms with van der Waals surface area (Å²) < 4.78 is 5.17. The van der Waals surface area contributed by atoms with Crippen LogP contribution in [-0.2, 0) is 6.54 Å². The Morgan fingerprint density at radius 1 is 1.26 bits per heavy atom. The van der Waals surface area contributed by atoms with Gasteiger partial charge in [0.1, 0.15) is 5.75 Å². The van der Waals surface area contributed by atoms with Crippen LogP contribution in [-0.4, -0.2) is 17.3 Å². The zero-order valence-electron chi connectivity index (χ0n) is 11.9. The van der Waals surface area contributed by atoms with Crippen LogP contribution < -0.4 is 10.1 Å². The van der Waals surface area contributed by atoms with Crippen molar-refractivity contribution in [3.63, 3.8) is 0 Å². The van der Waals surface area contributed by atoms with Gasteiger partial charge in [0.05, 0.1) is 12.8 Å². The molecule has 19 heavy (non-hydrogen) atoms. The molecule has 1 unspecified atom stereocenters. The Balaban J connectivity index is 1.99. The van der Waals surface area contributed by atoms with Crippen molar-refractivity contribution in [2.75, 3.05) is 7.11 Å². The van der Waals surface area contributed by atoms with Crippen LogP contribution in [0, 0.1) is 13.8 Å². The average Bonchev–Trinajstić information content (AvgIpc) is 2.75. The lowest BCUT2D eigenvalue weighted by Crippen LogP contribution is -2.18. The van der Waals surface area contributed by atoms with Crippen LogP contribution in [0.5, 0.6) is 5.75 Å². The summed E-state index contributed by atoms with van der Waals surface area (Å²) >= 11 is 0. The van der Waals surface area contributed by atoms with Crippen LogP contribution in [0.25, 0.3) is 0 Å². The maximum absolute atomic E-state index is 5.17. The normalized spacial score (nSPS) is 12.4. The van der Waals surface area contributed by atoms with Crippen molar-refractivity contribution in [1.82, 2.24) is 15.5 Å². The van der Waals surface area contributed by atoms with E-state index in [0.717, 1.165) is 23.7 Å². The highest BCUT2D eigenvalue weighted by atomic mass is 16.5. The molecule has 1 heterocycles. The first-order chi connectivity index (χ1) is 9.11. The van der Waals surface area contributed by atoms with Crippen molar-refractivity contribution in [2.24, 2.45) is 0 Å². The Bertz CT molecular complexity index is 511. The molecule has 2 rings (SSSR count). The van der Waals surface area contributed by atoms with E-state index < -0.39 is 0 Å². The zero-order chi connectivity index (χ0) is 13.8. The van der Waals surface area contributed by atoms with Gasteiger partial charge in [-0.15, -0.1) is 0 Å². The molecule has 4 nitrogen and oxygen atoms in total. The summed E-state index contributed by atoms with van der Waals surface area (Å²) in [5, 5.41) is 10.7. The Labute approximate surface area is 114 Å². The predicted molar refractivity (Wildman–Crippen MR) is 76.3 cm³/mol. The van der Waals surface area contributed by atoms with E-state index in [2.05, 4.69) is 41.5 Å². The lowest BCUT2D eigenvalue weighted by Gasteiger charge is -2.15. The molecule has 2 N–H and O–H groups in total. The topological polar surface area (TPSA) is 49.9 Å². The van der Waals surface area contributed by atoms with Crippen LogP contribution in [0.15, 0.2) is 24.3 Å². The van der Waals surface area contributed by atoms with E-state index in [1.54, 1.807) is 7.11 Å². The molecule has 1 aromatic heterocycles. The van der Waals surface area contributed by atoms with Crippen molar-refractivity contribution >= 4 is 0 Å². The van der Waals surface area contributed by atoms with Gasteiger partial charge in [0.15, 0.2) is 0 Å². The van der Waals surface area contributed by atoms with Crippen LogP contribution in [0.3, 0.4) is 0 Å². The molecule has 0 aliphatic rings. The van der Waals surface area contributed by atoms with Gasteiger partial charge < -0.3 is 10.1 Å². The number of rotatable bonds is 5. The first-order valence-electron chi connectivity index (χ1n) is 6.49. The SMILES string of the molecule is COc1ccc(C(C)NCc2c(C)n[nH]c2C)cc1. The molecule has 0 bridgehead atoms. The number of hydrogen-bond donors (Lipinski definition) is 2. The second kappa shape index (κ2) is 5.89. The maximum Gasteiger partial charge on any atom is 0.118 e. The molecular formula is C15H21N3O. The summed E-state index contributed by atoms with van der Waals surface area (Å²) in [7, 11) is 1.68. The van der Waals surface area contributed by atoms with Crippen molar-refractivity contribution in [3.05, 3.63) is 46.8 Å². The quantitative estimate of drug-likeness (QED) is 0.868. The third kappa shape index (κ3) is 3.15. The summed E-state index contributed by atoms with van der Waals surface area (Å²) in [6.45, 7) is 7.06. The van der Waals surface area contributed by atoms with E-state index in [0.29, 0.717) is 6.04 Å². The van der Waals surface area contributed by atoms with E-state index in [4.69, 9.17) is 4.74 Å². The van der Waals surface area contributed by atoms with E-state index in [9.17, 15) is 0 Å². The first kappa shape index (κ1) is 13.6. The molecule has 0 aliphatic carbocycles. The van der Waals surface area contributed by atoms with Crippen LogP contribution >= 0.6 is 0 Å². The van der Waals surface area contributed by atoms with Crippen molar-refractivity contribution in [1.29, 1.82) is 0 Å². The Hall–Kier alpha value is -1.81. The highest BCUT2D eigenvalue weighted by Gasteiger charge is 2.09. The smallest absolute Gasteiger partial charge is 0.118 e. The van der Waals surface area contributed by atoms with Crippen molar-refractivity contribution < 1.29 is 4.74 Å². The van der Waals surface area contributed by atoms with E-state index in [1.807, 2.05) is 19.1 Å². The number of benzene rings is 1. The second-order valence-electron chi connectivity index (χ2n) is 4.79. The average molecular weight is 259 g/mol. The fourth-order valence-corrected chi connectivity index (χ4v) is 2.10. The van der Waals surface area contributed by atoms with E-state index in [1.165, 1.54) is 11.1 Å². The third-order valence-corrected chi connectivity index (χ3v) is 3.48. The monoisotopic (exact) mass is 259 g/mol. The number of nitrogens with zero attached hydrogens (tertiary/aromatic N) is 1. The van der Waals surface area contributed by atoms with Gasteiger partial charge in [-0.1, -0.05) is 12.1 Å². The fourth-order valence-electron chi connectivity index (χ4n) is 2.10. The molecule has 0 spiro atoms. The number of nitrogens with one attached hydrogen (secondary N) is 2. The van der Waals surface area contributed by atoms with Gasteiger partial charge >= 0.3 is 0 Å². The molecule has 0 radical (unpaired) electrons. The molecule has 0 saturated heterocycles. The summed E-state index contributed by atoms with van der Waals surface area (Å²) in [4.78, 5) is 0. The molecule has 1 atom stereocenters. The summed E-state index contributed by atoms with van der Waals surface area (Å²) in [5.41, 5.74) is 4.69. The predicted octanol–water partition coefficient (Wildman–Crippen LogP) is 2.89. The lowest BCUT2D eigenvalue weighted by atomic mass is 10.1. The molecule has 0 amide bonds. The minimum absolute atomic E-state index is 0.291. The van der Waals surface area contributed by atoms with Gasteiger partial charge in [-0.05, 0) is 38.5 Å². The molecular weight excluding hydrogens is 238 g/mol. The first-order valence-corrected chi connectivity index (χ1v) is 6.49. The zero-order valence-corrected chi connectivity index (χ0v) is 11.9. The Kier molecular flexibility index (Phi) is 4.22. The summed E-state index contributed by atoms with van der Waals surface area (Å²) in [6.07, 6.45) is 0. The number of hydrogen-bond acceptors (Lipinski definition) is 3. The fraction of sp³-hybridized carbons (Fsp3) is 0.400. The molecule has 4 heteroatoms. The van der Waals surface area contributed by atoms with Crippen molar-refractivity contribution in [3.8, 4) is 5.75 Å². The van der Waals surface area contributed by atoms with E-state index >= 15 is 0 Å². The molecule has 2 aromatic rings. The molecule has 0 saturated carbocycles. The number of aryl methyl sites for hydroxylation is 2. The van der Waals surface area contributed by atoms with Gasteiger partial charge in [-0.25, -0.2) is 0 Å². The highest BCUT2D eigenvalue weighted by Crippen LogP contribution is 2.18. The minimum Gasteiger partial charge on any atom is -0.497 e. The summed E-state index contributed by atoms with van der Waals surface area (Å²) in [5.74, 6) is 0.887. The lowest BCUT2D eigenvalue weighted by molar-refractivity contribution is 0.414. The van der Waals surface area contributed by atoms with Crippen molar-refractivity contribution in [2.45, 2.75) is 33.4 Å². The van der Waals surface area contributed by atoms with Crippen LogP contribution in [0.1, 0.15) is 35.5 Å². The molecule has 1 aromatic carbocycles. The van der Waals surface area contributed by atoms with Crippen LogP contribution in [0.4, 0.5) is 0 Å². The number of aromatic nitrogens is 2. The number of H-pyrrole nitrogens is 1. The standard InChI is InChI=1S/C15H21N3O/c1-10(13-5-7-14(19-4)8-6-13)16-9-15-11(2)17-18-12(15)3/h5-8,10,16H,9H2,1-4H3,(H,17,18). The second-order valence-corrected chi connectivity index (χ2v) is 4.79. The Morgan fingerprint density at radius 3 is 2.47 bits per heavy atom. The molecule has 0 fully saturated rings. The maximum atomic E-state index is 5.17. The molecule has 0 aliphatic heterocycles.